The van der Waals surface area contributed by atoms with Crippen molar-refractivity contribution in [3.63, 3.8) is 0 Å². The lowest BCUT2D eigenvalue weighted by atomic mass is 9.97. The van der Waals surface area contributed by atoms with Crippen molar-refractivity contribution in [3.05, 3.63) is 53.9 Å². The summed E-state index contributed by atoms with van der Waals surface area (Å²) in [5, 5.41) is 0. The van der Waals surface area contributed by atoms with Crippen molar-refractivity contribution in [2.45, 2.75) is 24.7 Å². The molecule has 1 saturated heterocycles. The predicted octanol–water partition coefficient (Wildman–Crippen LogP) is 2.23. The van der Waals surface area contributed by atoms with Gasteiger partial charge < -0.3 is 9.64 Å². The molecular formula is C20H25N3O4S. The summed E-state index contributed by atoms with van der Waals surface area (Å²) in [5.74, 6) is 0.857. The number of piperidine rings is 1. The number of hydrogen-bond donors (Lipinski definition) is 1. The summed E-state index contributed by atoms with van der Waals surface area (Å²) in [6, 6.07) is 8.23. The van der Waals surface area contributed by atoms with Crippen molar-refractivity contribution in [3.8, 4) is 5.75 Å². The van der Waals surface area contributed by atoms with Crippen LogP contribution in [-0.4, -0.2) is 51.0 Å². The highest BCUT2D eigenvalue weighted by molar-refractivity contribution is 7.89. The molecule has 28 heavy (non-hydrogen) atoms. The second-order valence-electron chi connectivity index (χ2n) is 6.95. The van der Waals surface area contributed by atoms with Crippen molar-refractivity contribution in [2.75, 3.05) is 26.7 Å². The summed E-state index contributed by atoms with van der Waals surface area (Å²) in [6.45, 7) is 3.42. The molecule has 1 N–H and O–H groups in total. The number of methoxy groups -OCH3 is 1. The Labute approximate surface area is 165 Å². The highest BCUT2D eigenvalue weighted by atomic mass is 32.2. The number of carbonyl (C=O) groups is 1. The lowest BCUT2D eigenvalue weighted by molar-refractivity contribution is 0.0692. The van der Waals surface area contributed by atoms with Crippen LogP contribution in [0.1, 0.15) is 28.8 Å². The van der Waals surface area contributed by atoms with Gasteiger partial charge in [-0.25, -0.2) is 13.1 Å². The third-order valence-electron chi connectivity index (χ3n) is 5.07. The first-order chi connectivity index (χ1) is 13.4. The molecule has 1 fully saturated rings. The van der Waals surface area contributed by atoms with Crippen LogP contribution < -0.4 is 9.46 Å². The molecule has 2 heterocycles. The molecule has 1 aliphatic heterocycles. The number of sulfonamides is 1. The standard InChI is InChI=1S/C20H25N3O4S/c1-15-13-18(3-4-19(15)27-2)28(25,26)22-14-16-7-11-23(12-8-16)20(24)17-5-9-21-10-6-17/h3-6,9-10,13,16,22H,7-8,11-12,14H2,1-2H3. The van der Waals surface area contributed by atoms with Crippen molar-refractivity contribution in [1.82, 2.24) is 14.6 Å². The molecule has 150 valence electrons. The van der Waals surface area contributed by atoms with Gasteiger partial charge in [-0.15, -0.1) is 0 Å². The topological polar surface area (TPSA) is 88.6 Å². The number of amides is 1. The first-order valence-electron chi connectivity index (χ1n) is 9.24. The Balaban J connectivity index is 1.53. The summed E-state index contributed by atoms with van der Waals surface area (Å²) < 4.78 is 33.0. The van der Waals surface area contributed by atoms with Crippen molar-refractivity contribution in [2.24, 2.45) is 5.92 Å². The molecule has 3 rings (SSSR count). The van der Waals surface area contributed by atoms with Gasteiger partial charge in [0.1, 0.15) is 5.75 Å². The second kappa shape index (κ2) is 8.70. The largest absolute Gasteiger partial charge is 0.496 e. The maximum absolute atomic E-state index is 12.6. The first-order valence-corrected chi connectivity index (χ1v) is 10.7. The molecule has 0 unspecified atom stereocenters. The number of nitrogens with one attached hydrogen (secondary N) is 1. The molecule has 8 heteroatoms. The van der Waals surface area contributed by atoms with Gasteiger partial charge in [-0.3, -0.25) is 9.78 Å². The number of carbonyl (C=O) groups excluding carboxylic acids is 1. The van der Waals surface area contributed by atoms with E-state index in [1.165, 1.54) is 0 Å². The maximum atomic E-state index is 12.6. The van der Waals surface area contributed by atoms with Gasteiger partial charge in [-0.05, 0) is 61.6 Å². The molecule has 1 aromatic carbocycles. The summed E-state index contributed by atoms with van der Waals surface area (Å²) in [7, 11) is -2.02. The minimum Gasteiger partial charge on any atom is -0.496 e. The van der Waals surface area contributed by atoms with Crippen LogP contribution in [0.2, 0.25) is 0 Å². The summed E-state index contributed by atoms with van der Waals surface area (Å²) >= 11 is 0. The molecule has 0 aliphatic carbocycles. The van der Waals surface area contributed by atoms with E-state index < -0.39 is 10.0 Å². The highest BCUT2D eigenvalue weighted by Crippen LogP contribution is 2.22. The van der Waals surface area contributed by atoms with Crippen molar-refractivity contribution < 1.29 is 17.9 Å². The number of benzene rings is 1. The summed E-state index contributed by atoms with van der Waals surface area (Å²) in [5.41, 5.74) is 1.40. The van der Waals surface area contributed by atoms with E-state index >= 15 is 0 Å². The minimum atomic E-state index is -3.57. The van der Waals surface area contributed by atoms with Gasteiger partial charge in [0.2, 0.25) is 10.0 Å². The SMILES string of the molecule is COc1ccc(S(=O)(=O)NCC2CCN(C(=O)c3ccncc3)CC2)cc1C. The Morgan fingerprint density at radius 2 is 1.89 bits per heavy atom. The zero-order valence-corrected chi connectivity index (χ0v) is 16.9. The Morgan fingerprint density at radius 3 is 2.50 bits per heavy atom. The number of rotatable bonds is 6. The number of nitrogens with zero attached hydrogens (tertiary/aromatic N) is 2. The Bertz CT molecular complexity index is 924. The number of aromatic nitrogens is 1. The lowest BCUT2D eigenvalue weighted by Crippen LogP contribution is -2.41. The van der Waals surface area contributed by atoms with E-state index in [2.05, 4.69) is 9.71 Å². The van der Waals surface area contributed by atoms with Gasteiger partial charge in [-0.1, -0.05) is 0 Å². The van der Waals surface area contributed by atoms with Gasteiger partial charge >= 0.3 is 0 Å². The third kappa shape index (κ3) is 4.69. The Kier molecular flexibility index (Phi) is 6.31. The molecule has 0 saturated carbocycles. The van der Waals surface area contributed by atoms with E-state index in [1.807, 2.05) is 11.8 Å². The molecule has 0 atom stereocenters. The van der Waals surface area contributed by atoms with Crippen molar-refractivity contribution >= 4 is 15.9 Å². The highest BCUT2D eigenvalue weighted by Gasteiger charge is 2.25. The third-order valence-corrected chi connectivity index (χ3v) is 6.49. The second-order valence-corrected chi connectivity index (χ2v) is 8.72. The molecule has 1 aromatic heterocycles. The van der Waals surface area contributed by atoms with Crippen LogP contribution in [0.4, 0.5) is 0 Å². The van der Waals surface area contributed by atoms with E-state index in [0.29, 0.717) is 30.9 Å². The summed E-state index contributed by atoms with van der Waals surface area (Å²) in [4.78, 5) is 18.4. The zero-order valence-electron chi connectivity index (χ0n) is 16.1. The molecular weight excluding hydrogens is 378 g/mol. The van der Waals surface area contributed by atoms with E-state index in [0.717, 1.165) is 18.4 Å². The number of pyridine rings is 1. The number of likely N-dealkylation sites (tertiary alicyclic amines) is 1. The van der Waals surface area contributed by atoms with Gasteiger partial charge in [0, 0.05) is 37.6 Å². The fourth-order valence-corrected chi connectivity index (χ4v) is 4.55. The molecule has 7 nitrogen and oxygen atoms in total. The number of aryl methyl sites for hydroxylation is 1. The zero-order chi connectivity index (χ0) is 20.1. The van der Waals surface area contributed by atoms with E-state index in [4.69, 9.17) is 4.74 Å². The van der Waals surface area contributed by atoms with Gasteiger partial charge in [0.25, 0.3) is 5.91 Å². The average Bonchev–Trinajstić information content (AvgIpc) is 2.72. The molecule has 0 spiro atoms. The lowest BCUT2D eigenvalue weighted by Gasteiger charge is -2.32. The fraction of sp³-hybridized carbons (Fsp3) is 0.400. The van der Waals surface area contributed by atoms with Crippen LogP contribution >= 0.6 is 0 Å². The van der Waals surface area contributed by atoms with Crippen LogP contribution in [0, 0.1) is 12.8 Å². The van der Waals surface area contributed by atoms with Crippen LogP contribution in [0.5, 0.6) is 5.75 Å². The quantitative estimate of drug-likeness (QED) is 0.799. The van der Waals surface area contributed by atoms with Crippen LogP contribution in [0.3, 0.4) is 0 Å². The van der Waals surface area contributed by atoms with Gasteiger partial charge in [0.05, 0.1) is 12.0 Å². The molecule has 1 aliphatic rings. The first kappa shape index (κ1) is 20.3. The predicted molar refractivity (Wildman–Crippen MR) is 106 cm³/mol. The van der Waals surface area contributed by atoms with Gasteiger partial charge in [0.15, 0.2) is 0 Å². The smallest absolute Gasteiger partial charge is 0.253 e. The molecule has 0 radical (unpaired) electrons. The normalized spacial score (nSPS) is 15.4. The molecule has 1 amide bonds. The Hall–Kier alpha value is -2.45. The van der Waals surface area contributed by atoms with Crippen molar-refractivity contribution in [1.29, 1.82) is 0 Å². The monoisotopic (exact) mass is 403 g/mol. The molecule has 0 bridgehead atoms. The van der Waals surface area contributed by atoms with Crippen LogP contribution in [0.15, 0.2) is 47.6 Å². The van der Waals surface area contributed by atoms with Crippen LogP contribution in [0.25, 0.3) is 0 Å². The van der Waals surface area contributed by atoms with E-state index in [-0.39, 0.29) is 16.7 Å². The Morgan fingerprint density at radius 1 is 1.21 bits per heavy atom. The fourth-order valence-electron chi connectivity index (χ4n) is 3.35. The average molecular weight is 404 g/mol. The number of hydrogen-bond acceptors (Lipinski definition) is 5. The van der Waals surface area contributed by atoms with E-state index in [1.54, 1.807) is 49.8 Å². The minimum absolute atomic E-state index is 0.00450. The maximum Gasteiger partial charge on any atom is 0.253 e. The van der Waals surface area contributed by atoms with Gasteiger partial charge in [-0.2, -0.15) is 0 Å². The number of ether oxygens (including phenoxy) is 1. The van der Waals surface area contributed by atoms with E-state index in [9.17, 15) is 13.2 Å². The summed E-state index contributed by atoms with van der Waals surface area (Å²) in [6.07, 6.45) is 4.74. The van der Waals surface area contributed by atoms with Crippen LogP contribution in [-0.2, 0) is 10.0 Å². The molecule has 2 aromatic rings.